The van der Waals surface area contributed by atoms with E-state index in [0.717, 1.165) is 58.9 Å². The molecule has 0 saturated carbocycles. The minimum absolute atomic E-state index is 0.0179. The van der Waals surface area contributed by atoms with Crippen molar-refractivity contribution in [1.29, 1.82) is 0 Å². The smallest absolute Gasteiger partial charge is 0.323 e. The minimum Gasteiger partial charge on any atom is -0.481 e. The number of nitrogens with one attached hydrogen (secondary N) is 3. The predicted octanol–water partition coefficient (Wildman–Crippen LogP) is -0.519. The zero-order valence-electron chi connectivity index (χ0n) is 33.5. The van der Waals surface area contributed by atoms with Crippen molar-refractivity contribution in [3.63, 3.8) is 0 Å². The maximum absolute atomic E-state index is 12.9. The van der Waals surface area contributed by atoms with Gasteiger partial charge in [-0.3, -0.25) is 24.1 Å². The van der Waals surface area contributed by atoms with E-state index in [0.29, 0.717) is 77.2 Å². The first-order valence-corrected chi connectivity index (χ1v) is 19.7. The van der Waals surface area contributed by atoms with Gasteiger partial charge in [0.25, 0.3) is 0 Å². The lowest BCUT2D eigenvalue weighted by atomic mass is 10.2. The highest BCUT2D eigenvalue weighted by Gasteiger charge is 2.18. The second-order valence-corrected chi connectivity index (χ2v) is 14.3. The summed E-state index contributed by atoms with van der Waals surface area (Å²) in [7, 11) is 4.30. The van der Waals surface area contributed by atoms with E-state index in [1.54, 1.807) is 17.8 Å². The molecule has 55 heavy (non-hydrogen) atoms. The molecule has 1 saturated heterocycles. The van der Waals surface area contributed by atoms with Gasteiger partial charge in [0.05, 0.1) is 32.0 Å². The third-order valence-corrected chi connectivity index (χ3v) is 9.46. The highest BCUT2D eigenvalue weighted by molar-refractivity contribution is 5.81. The number of nitrogens with zero attached hydrogens (tertiary/aromatic N) is 8. The Kier molecular flexibility index (Phi) is 23.7. The summed E-state index contributed by atoms with van der Waals surface area (Å²) in [5.74, 6) is -2.32. The quantitative estimate of drug-likeness (QED) is 0.0835. The Hall–Kier alpha value is -3.91. The van der Waals surface area contributed by atoms with Crippen molar-refractivity contribution < 1.29 is 38.9 Å². The van der Waals surface area contributed by atoms with Crippen molar-refractivity contribution in [3.05, 3.63) is 11.9 Å². The number of likely N-dealkylation sites (N-methyl/N-ethyl adjacent to an activating group) is 3. The highest BCUT2D eigenvalue weighted by Crippen LogP contribution is 2.06. The number of aliphatic carboxylic acids is 2. The molecule has 2 heterocycles. The van der Waals surface area contributed by atoms with Crippen LogP contribution in [-0.2, 0) is 36.9 Å². The lowest BCUT2D eigenvalue weighted by Crippen LogP contribution is -2.47. The summed E-state index contributed by atoms with van der Waals surface area (Å²) in [6.45, 7) is 14.7. The molecule has 1 fully saturated rings. The Morgan fingerprint density at radius 2 is 1.53 bits per heavy atom. The van der Waals surface area contributed by atoms with Crippen molar-refractivity contribution in [2.24, 2.45) is 0 Å². The number of carbonyl (C=O) groups is 5. The van der Waals surface area contributed by atoms with Gasteiger partial charge in [0, 0.05) is 103 Å². The van der Waals surface area contributed by atoms with Crippen LogP contribution in [0.25, 0.3) is 0 Å². The Morgan fingerprint density at radius 1 is 0.855 bits per heavy atom. The lowest BCUT2D eigenvalue weighted by Gasteiger charge is -2.31. The van der Waals surface area contributed by atoms with E-state index >= 15 is 0 Å². The third kappa shape index (κ3) is 22.9. The van der Waals surface area contributed by atoms with E-state index in [4.69, 9.17) is 9.84 Å². The number of carbonyl (C=O) groups excluding carboxylic acids is 3. The molecule has 0 aliphatic carbocycles. The van der Waals surface area contributed by atoms with Crippen LogP contribution in [0.1, 0.15) is 58.1 Å². The van der Waals surface area contributed by atoms with E-state index in [9.17, 15) is 29.1 Å². The number of carboxylic acid groups (broad SMARTS) is 2. The maximum atomic E-state index is 12.9. The van der Waals surface area contributed by atoms with Crippen LogP contribution in [-0.4, -0.2) is 204 Å². The monoisotopic (exact) mass is 782 g/mol. The molecule has 19 heteroatoms. The zero-order chi connectivity index (χ0) is 40.4. The van der Waals surface area contributed by atoms with Crippen LogP contribution in [0.4, 0.5) is 4.79 Å². The van der Waals surface area contributed by atoms with Gasteiger partial charge in [-0.25, -0.2) is 9.48 Å². The molecule has 1 aromatic rings. The molecule has 0 unspecified atom stereocenters. The van der Waals surface area contributed by atoms with E-state index in [2.05, 4.69) is 66.9 Å². The fourth-order valence-electron chi connectivity index (χ4n) is 5.86. The van der Waals surface area contributed by atoms with Crippen molar-refractivity contribution in [2.75, 3.05) is 119 Å². The molecule has 0 bridgehead atoms. The summed E-state index contributed by atoms with van der Waals surface area (Å²) in [6, 6.07) is -0.642. The van der Waals surface area contributed by atoms with Gasteiger partial charge in [-0.15, -0.1) is 5.10 Å². The van der Waals surface area contributed by atoms with Gasteiger partial charge in [-0.1, -0.05) is 12.1 Å². The van der Waals surface area contributed by atoms with Crippen LogP contribution >= 0.6 is 0 Å². The molecule has 0 aromatic carbocycles. The molecule has 5 N–H and O–H groups in total. The summed E-state index contributed by atoms with van der Waals surface area (Å²) in [5, 5.41) is 34.7. The average Bonchev–Trinajstić information content (AvgIpc) is 3.60. The molecule has 1 aliphatic rings. The minimum atomic E-state index is -1.09. The fourth-order valence-corrected chi connectivity index (χ4v) is 5.86. The van der Waals surface area contributed by atoms with Crippen molar-refractivity contribution in [1.82, 2.24) is 55.4 Å². The number of rotatable bonds is 24. The van der Waals surface area contributed by atoms with Crippen LogP contribution in [0.5, 0.6) is 0 Å². The van der Waals surface area contributed by atoms with Crippen LogP contribution in [0.15, 0.2) is 6.20 Å². The van der Waals surface area contributed by atoms with Gasteiger partial charge in [0.1, 0.15) is 6.54 Å². The maximum Gasteiger partial charge on any atom is 0.323 e. The Morgan fingerprint density at radius 3 is 2.22 bits per heavy atom. The molecule has 1 aromatic heterocycles. The molecule has 0 spiro atoms. The van der Waals surface area contributed by atoms with Crippen molar-refractivity contribution in [2.45, 2.75) is 71.4 Å². The Labute approximate surface area is 326 Å². The molecule has 1 aliphatic heterocycles. The lowest BCUT2D eigenvalue weighted by molar-refractivity contribution is -0.144. The summed E-state index contributed by atoms with van der Waals surface area (Å²) >= 11 is 0. The van der Waals surface area contributed by atoms with Gasteiger partial charge < -0.3 is 50.5 Å². The van der Waals surface area contributed by atoms with E-state index in [1.165, 1.54) is 4.90 Å². The Balaban J connectivity index is 1.62. The standard InChI is InChI=1S/C36H67N11O8/c1-5-44-20-18-42(3)16-17-43(4)19-21-45(23-22-44)28-32(48)37-14-25-55-26-24-47-27-31(40-41-47)10-11-33(49)46(29-35(52)53)15-8-6-7-13-38-36(54)39-30(2)9-12-34(50)51/h27,30H,5-26,28-29H2,1-4H3,(H,37,48)(H,50,51)(H,52,53)(H2,38,39,54)/t30-/m1/s1. The second-order valence-electron chi connectivity index (χ2n) is 14.3. The average molecular weight is 782 g/mol. The van der Waals surface area contributed by atoms with Crippen LogP contribution < -0.4 is 16.0 Å². The van der Waals surface area contributed by atoms with Crippen LogP contribution in [0.3, 0.4) is 0 Å². The summed E-state index contributed by atoms with van der Waals surface area (Å²) in [6.07, 6.45) is 4.34. The number of aryl methyl sites for hydroxylation is 1. The first-order valence-electron chi connectivity index (χ1n) is 19.7. The number of amides is 4. The van der Waals surface area contributed by atoms with Gasteiger partial charge in [0.2, 0.25) is 11.8 Å². The SMILES string of the molecule is CCN1CCN(C)CCN(C)CCN(CC(=O)NCCOCCn2cc(CCC(=O)N(CCCCCNC(=O)N[C@H](C)CCC(=O)O)CC(=O)O)nn2)CC1. The molecule has 1 atom stereocenters. The predicted molar refractivity (Wildman–Crippen MR) is 207 cm³/mol. The van der Waals surface area contributed by atoms with Crippen molar-refractivity contribution >= 4 is 29.8 Å². The molecule has 314 valence electrons. The van der Waals surface area contributed by atoms with Crippen LogP contribution in [0, 0.1) is 0 Å². The number of hydrogen-bond donors (Lipinski definition) is 5. The number of urea groups is 1. The molecule has 19 nitrogen and oxygen atoms in total. The summed E-state index contributed by atoms with van der Waals surface area (Å²) in [5.41, 5.74) is 0.611. The molecule has 0 radical (unpaired) electrons. The fraction of sp³-hybridized carbons (Fsp3) is 0.806. The van der Waals surface area contributed by atoms with Gasteiger partial charge in [-0.2, -0.15) is 0 Å². The van der Waals surface area contributed by atoms with Crippen LogP contribution in [0.2, 0.25) is 0 Å². The highest BCUT2D eigenvalue weighted by atomic mass is 16.5. The molecule has 4 amide bonds. The third-order valence-electron chi connectivity index (χ3n) is 9.46. The normalized spacial score (nSPS) is 16.1. The van der Waals surface area contributed by atoms with Crippen molar-refractivity contribution in [3.8, 4) is 0 Å². The topological polar surface area (TPSA) is 218 Å². The summed E-state index contributed by atoms with van der Waals surface area (Å²) < 4.78 is 7.34. The van der Waals surface area contributed by atoms with Gasteiger partial charge >= 0.3 is 18.0 Å². The largest absolute Gasteiger partial charge is 0.481 e. The number of hydrogen-bond acceptors (Lipinski definition) is 12. The summed E-state index contributed by atoms with van der Waals surface area (Å²) in [4.78, 5) is 70.3. The second kappa shape index (κ2) is 27.6. The molecular formula is C36H67N11O8. The van der Waals surface area contributed by atoms with E-state index in [-0.39, 0.29) is 43.3 Å². The van der Waals surface area contributed by atoms with Gasteiger partial charge in [-0.05, 0) is 53.2 Å². The number of carboxylic acids is 2. The number of ether oxygens (including phenoxy) is 1. The first-order chi connectivity index (χ1) is 26.3. The first kappa shape index (κ1) is 47.2. The van der Waals surface area contributed by atoms with Gasteiger partial charge in [0.15, 0.2) is 0 Å². The van der Waals surface area contributed by atoms with E-state index in [1.807, 2.05) is 0 Å². The molecule has 2 rings (SSSR count). The molecular weight excluding hydrogens is 714 g/mol. The van der Waals surface area contributed by atoms with E-state index < -0.39 is 18.5 Å². The number of aromatic nitrogens is 3. The Bertz CT molecular complexity index is 1290. The zero-order valence-corrected chi connectivity index (χ0v) is 33.5. The number of unbranched alkanes of at least 4 members (excludes halogenated alkanes) is 2.